The largest absolute Gasteiger partial charge is 0.437 e. The van der Waals surface area contributed by atoms with Crippen molar-refractivity contribution in [2.75, 3.05) is 13.1 Å². The monoisotopic (exact) mass is 605 g/mol. The number of benzene rings is 2. The summed E-state index contributed by atoms with van der Waals surface area (Å²) in [5, 5.41) is -0.539. The Morgan fingerprint density at radius 1 is 1.00 bits per heavy atom. The number of halogens is 1. The van der Waals surface area contributed by atoms with Crippen molar-refractivity contribution in [2.24, 2.45) is 0 Å². The summed E-state index contributed by atoms with van der Waals surface area (Å²) in [4.78, 5) is 43.0. The van der Waals surface area contributed by atoms with Gasteiger partial charge in [0.1, 0.15) is 4.90 Å². The van der Waals surface area contributed by atoms with Crippen LogP contribution < -0.4 is 10.3 Å². The summed E-state index contributed by atoms with van der Waals surface area (Å²) in [6.45, 7) is 4.36. The van der Waals surface area contributed by atoms with Gasteiger partial charge in [-0.25, -0.2) is 30.5 Å². The van der Waals surface area contributed by atoms with Crippen molar-refractivity contribution in [3.8, 4) is 0 Å². The van der Waals surface area contributed by atoms with Gasteiger partial charge in [-0.2, -0.15) is 4.31 Å². The predicted octanol–water partition coefficient (Wildman–Crippen LogP) is 2.53. The van der Waals surface area contributed by atoms with Crippen LogP contribution >= 0.6 is 19.3 Å². The van der Waals surface area contributed by atoms with Crippen LogP contribution in [-0.4, -0.2) is 54.3 Å². The maximum Gasteiger partial charge on any atom is 0.437 e. The molecule has 16 heteroatoms. The van der Waals surface area contributed by atoms with E-state index in [1.54, 1.807) is 0 Å². The summed E-state index contributed by atoms with van der Waals surface area (Å²) in [6, 6.07) is 8.63. The van der Waals surface area contributed by atoms with Crippen molar-refractivity contribution < 1.29 is 36.0 Å². The number of aromatic nitrogens is 1. The summed E-state index contributed by atoms with van der Waals surface area (Å²) < 4.78 is 66.8. The van der Waals surface area contributed by atoms with Crippen molar-refractivity contribution in [1.82, 2.24) is 13.4 Å². The SMILES string of the molecule is CCCN(CCC)S(=O)(=O)c1ccc(C(=O)NS(=O)(=O)c2cc3ccc(=O)n(P(=O)(O)O)c3cc2Cl)cc1. The maximum atomic E-state index is 12.9. The molecule has 0 fully saturated rings. The van der Waals surface area contributed by atoms with E-state index in [4.69, 9.17) is 11.6 Å². The fraction of sp³-hybridized carbons (Fsp3) is 0.273. The molecule has 38 heavy (non-hydrogen) atoms. The number of nitrogens with one attached hydrogen (secondary N) is 1. The number of carbonyl (C=O) groups is 1. The van der Waals surface area contributed by atoms with E-state index < -0.39 is 49.2 Å². The molecule has 0 unspecified atom stereocenters. The standard InChI is InChI=1S/C22H25ClN3O9PS2/c1-3-11-25(12-4-2)38(34,35)17-8-5-15(6-9-17)22(28)24-37(32,33)20-13-16-7-10-21(27)26(36(29,30)31)19(16)14-18(20)23/h5-10,13-14H,3-4,11-12H2,1-2H3,(H,24,28)(H2,29,30,31). The van der Waals surface area contributed by atoms with Gasteiger partial charge in [-0.05, 0) is 55.3 Å². The summed E-state index contributed by atoms with van der Waals surface area (Å²) in [5.41, 5.74) is -1.47. The Hall–Kier alpha value is -2.58. The highest BCUT2D eigenvalue weighted by atomic mass is 35.5. The number of hydrogen-bond donors (Lipinski definition) is 3. The molecule has 0 aliphatic carbocycles. The van der Waals surface area contributed by atoms with E-state index in [0.717, 1.165) is 24.3 Å². The Morgan fingerprint density at radius 2 is 1.58 bits per heavy atom. The second-order valence-electron chi connectivity index (χ2n) is 8.20. The topological polar surface area (TPSA) is 180 Å². The number of nitrogens with zero attached hydrogens (tertiary/aromatic N) is 2. The van der Waals surface area contributed by atoms with Crippen molar-refractivity contribution in [1.29, 1.82) is 0 Å². The number of hydrogen-bond acceptors (Lipinski definition) is 7. The van der Waals surface area contributed by atoms with E-state index in [1.807, 2.05) is 18.6 Å². The van der Waals surface area contributed by atoms with Crippen LogP contribution in [0.3, 0.4) is 0 Å². The zero-order chi connectivity index (χ0) is 28.5. The van der Waals surface area contributed by atoms with Crippen LogP contribution in [0.5, 0.6) is 0 Å². The second-order valence-corrected chi connectivity index (χ2v) is 13.6. The van der Waals surface area contributed by atoms with Crippen LogP contribution in [0.25, 0.3) is 10.9 Å². The van der Waals surface area contributed by atoms with E-state index >= 15 is 0 Å². The van der Waals surface area contributed by atoms with Crippen molar-refractivity contribution in [3.05, 3.63) is 69.5 Å². The lowest BCUT2D eigenvalue weighted by Gasteiger charge is -2.21. The van der Waals surface area contributed by atoms with Gasteiger partial charge in [0.25, 0.3) is 21.5 Å². The average Bonchev–Trinajstić information content (AvgIpc) is 2.82. The zero-order valence-electron chi connectivity index (χ0n) is 20.2. The fourth-order valence-corrected chi connectivity index (χ4v) is 7.65. The summed E-state index contributed by atoms with van der Waals surface area (Å²) >= 11 is 6.07. The van der Waals surface area contributed by atoms with Crippen molar-refractivity contribution >= 4 is 56.2 Å². The molecule has 0 saturated carbocycles. The van der Waals surface area contributed by atoms with Crippen LogP contribution in [0.4, 0.5) is 0 Å². The molecule has 2 aromatic carbocycles. The lowest BCUT2D eigenvalue weighted by Crippen LogP contribution is -2.33. The highest BCUT2D eigenvalue weighted by Crippen LogP contribution is 2.39. The van der Waals surface area contributed by atoms with Crippen LogP contribution in [0.15, 0.2) is 63.1 Å². The first-order chi connectivity index (χ1) is 17.6. The highest BCUT2D eigenvalue weighted by Gasteiger charge is 2.27. The number of amides is 1. The molecule has 3 rings (SSSR count). The van der Waals surface area contributed by atoms with Crippen LogP contribution in [0, 0.1) is 0 Å². The third-order valence-electron chi connectivity index (χ3n) is 5.40. The first-order valence-electron chi connectivity index (χ1n) is 11.2. The van der Waals surface area contributed by atoms with E-state index in [1.165, 1.54) is 28.6 Å². The Balaban J connectivity index is 1.93. The molecule has 0 aliphatic heterocycles. The predicted molar refractivity (Wildman–Crippen MR) is 141 cm³/mol. The third kappa shape index (κ3) is 6.18. The quantitative estimate of drug-likeness (QED) is 0.293. The van der Waals surface area contributed by atoms with Gasteiger partial charge in [-0.3, -0.25) is 9.59 Å². The van der Waals surface area contributed by atoms with E-state index in [-0.39, 0.29) is 25.7 Å². The minimum atomic E-state index is -5.09. The Labute approximate surface area is 224 Å². The maximum absolute atomic E-state index is 12.9. The van der Waals surface area contributed by atoms with Crippen molar-refractivity contribution in [3.63, 3.8) is 0 Å². The number of sulfonamides is 2. The van der Waals surface area contributed by atoms with Crippen molar-refractivity contribution in [2.45, 2.75) is 36.5 Å². The summed E-state index contributed by atoms with van der Waals surface area (Å²) in [5.74, 6) is -1.07. The Morgan fingerprint density at radius 3 is 2.11 bits per heavy atom. The van der Waals surface area contributed by atoms with Gasteiger partial charge in [-0.1, -0.05) is 25.4 Å². The summed E-state index contributed by atoms with van der Waals surface area (Å²) in [7, 11) is -13.5. The lowest BCUT2D eigenvalue weighted by atomic mass is 10.2. The lowest BCUT2D eigenvalue weighted by molar-refractivity contribution is 0.0981. The molecule has 1 heterocycles. The van der Waals surface area contributed by atoms with Crippen LogP contribution in [0.2, 0.25) is 5.02 Å². The molecule has 1 amide bonds. The van der Waals surface area contributed by atoms with Gasteiger partial charge in [0.15, 0.2) is 0 Å². The average molecular weight is 606 g/mol. The van der Waals surface area contributed by atoms with Gasteiger partial charge in [0.2, 0.25) is 10.0 Å². The van der Waals surface area contributed by atoms with Gasteiger partial charge in [0, 0.05) is 30.1 Å². The molecule has 0 saturated heterocycles. The summed E-state index contributed by atoms with van der Waals surface area (Å²) in [6.07, 6.45) is 1.23. The number of fused-ring (bicyclic) bond motifs is 1. The minimum Gasteiger partial charge on any atom is -0.308 e. The molecule has 0 radical (unpaired) electrons. The molecule has 0 bridgehead atoms. The molecule has 3 aromatic rings. The molecule has 1 aromatic heterocycles. The fourth-order valence-electron chi connectivity index (χ4n) is 3.71. The number of rotatable bonds is 10. The van der Waals surface area contributed by atoms with E-state index in [2.05, 4.69) is 0 Å². The zero-order valence-corrected chi connectivity index (χ0v) is 23.5. The molecule has 206 valence electrons. The van der Waals surface area contributed by atoms with Gasteiger partial charge in [-0.15, -0.1) is 0 Å². The van der Waals surface area contributed by atoms with E-state index in [9.17, 15) is 40.8 Å². The molecule has 0 aliphatic rings. The first kappa shape index (κ1) is 30.0. The molecule has 0 spiro atoms. The highest BCUT2D eigenvalue weighted by molar-refractivity contribution is 7.90. The Bertz CT molecular complexity index is 1690. The third-order valence-corrected chi connectivity index (χ3v) is 10.0. The second kappa shape index (κ2) is 11.3. The van der Waals surface area contributed by atoms with E-state index in [0.29, 0.717) is 25.9 Å². The molecule has 3 N–H and O–H groups in total. The Kier molecular flexibility index (Phi) is 8.88. The number of carbonyl (C=O) groups excluding carboxylic acids is 1. The molecule has 12 nitrogen and oxygen atoms in total. The number of pyridine rings is 1. The van der Waals surface area contributed by atoms with Gasteiger partial charge in [0.05, 0.1) is 15.4 Å². The first-order valence-corrected chi connectivity index (χ1v) is 16.1. The molecule has 0 atom stereocenters. The van der Waals surface area contributed by atoms with Gasteiger partial charge < -0.3 is 9.79 Å². The minimum absolute atomic E-state index is 0.0385. The van der Waals surface area contributed by atoms with Gasteiger partial charge >= 0.3 is 7.75 Å². The molecular formula is C22H25ClN3O9PS2. The van der Waals surface area contributed by atoms with Crippen LogP contribution in [-0.2, 0) is 24.6 Å². The molecular weight excluding hydrogens is 581 g/mol. The normalized spacial score (nSPS) is 12.7. The van der Waals surface area contributed by atoms with Crippen LogP contribution in [0.1, 0.15) is 37.0 Å². The smallest absolute Gasteiger partial charge is 0.308 e.